The van der Waals surface area contributed by atoms with Crippen molar-refractivity contribution in [3.63, 3.8) is 0 Å². The number of hydrogen-bond donors (Lipinski definition) is 1. The second kappa shape index (κ2) is 6.88. The van der Waals surface area contributed by atoms with Gasteiger partial charge in [0.2, 0.25) is 11.7 Å². The molecule has 2 aliphatic rings. The van der Waals surface area contributed by atoms with Gasteiger partial charge in [-0.05, 0) is 52.9 Å². The second-order valence-corrected chi connectivity index (χ2v) is 10.0. The van der Waals surface area contributed by atoms with E-state index in [1.54, 1.807) is 7.11 Å². The molecular formula is C29H29N2O2+. The van der Waals surface area contributed by atoms with Crippen molar-refractivity contribution in [2.75, 3.05) is 13.7 Å². The Morgan fingerprint density at radius 1 is 1.18 bits per heavy atom. The van der Waals surface area contributed by atoms with E-state index in [-0.39, 0.29) is 23.1 Å². The molecule has 0 bridgehead atoms. The lowest BCUT2D eigenvalue weighted by molar-refractivity contribution is -0.711. The fourth-order valence-electron chi connectivity index (χ4n) is 6.35. The lowest BCUT2D eigenvalue weighted by Crippen LogP contribution is -2.50. The molecule has 0 spiro atoms. The number of fused-ring (bicyclic) bond motifs is 2. The Balaban J connectivity index is 1.87. The summed E-state index contributed by atoms with van der Waals surface area (Å²) in [7, 11) is 1.74. The van der Waals surface area contributed by atoms with E-state index in [2.05, 4.69) is 80.6 Å². The van der Waals surface area contributed by atoms with E-state index in [1.165, 1.54) is 38.4 Å². The smallest absolute Gasteiger partial charge is 0.223 e. The van der Waals surface area contributed by atoms with E-state index in [0.717, 1.165) is 23.3 Å². The Morgan fingerprint density at radius 2 is 1.97 bits per heavy atom. The molecule has 0 amide bonds. The Labute approximate surface area is 194 Å². The average Bonchev–Trinajstić information content (AvgIpc) is 2.79. The number of hydrogen-bond acceptors (Lipinski definition) is 3. The molecule has 3 heterocycles. The van der Waals surface area contributed by atoms with Crippen LogP contribution in [-0.2, 0) is 10.2 Å². The third-order valence-corrected chi connectivity index (χ3v) is 7.76. The SMILES string of the molecule is C=C(O)C1C(CCOC)c2c3c(cc4ccccc24)C(C)(C)c2cc(C)nc4cc[n+]1c-3c24. The second-order valence-electron chi connectivity index (χ2n) is 10.0. The number of benzene rings is 2. The molecule has 6 rings (SSSR count). The molecule has 4 nitrogen and oxygen atoms in total. The summed E-state index contributed by atoms with van der Waals surface area (Å²) < 4.78 is 7.76. The lowest BCUT2D eigenvalue weighted by atomic mass is 9.65. The molecule has 2 atom stereocenters. The Morgan fingerprint density at radius 3 is 2.73 bits per heavy atom. The van der Waals surface area contributed by atoms with E-state index >= 15 is 0 Å². The Bertz CT molecular complexity index is 1480. The zero-order valence-corrected chi connectivity index (χ0v) is 19.6. The predicted octanol–water partition coefficient (Wildman–Crippen LogP) is 6.04. The maximum atomic E-state index is 10.9. The molecule has 33 heavy (non-hydrogen) atoms. The number of ether oxygens (including phenoxy) is 1. The van der Waals surface area contributed by atoms with Crippen molar-refractivity contribution in [3.05, 3.63) is 83.4 Å². The quantitative estimate of drug-likeness (QED) is 0.313. The summed E-state index contributed by atoms with van der Waals surface area (Å²) in [4.78, 5) is 4.89. The van der Waals surface area contributed by atoms with Gasteiger partial charge in [-0.1, -0.05) is 44.7 Å². The van der Waals surface area contributed by atoms with Gasteiger partial charge in [0.15, 0.2) is 12.0 Å². The molecule has 166 valence electrons. The minimum atomic E-state index is -0.263. The average molecular weight is 438 g/mol. The molecule has 2 aromatic carbocycles. The predicted molar refractivity (Wildman–Crippen MR) is 132 cm³/mol. The number of aromatic nitrogens is 2. The van der Waals surface area contributed by atoms with Crippen molar-refractivity contribution in [3.8, 4) is 11.3 Å². The topological polar surface area (TPSA) is 46.2 Å². The van der Waals surface area contributed by atoms with Crippen LogP contribution >= 0.6 is 0 Å². The fourth-order valence-corrected chi connectivity index (χ4v) is 6.35. The lowest BCUT2D eigenvalue weighted by Gasteiger charge is -2.40. The van der Waals surface area contributed by atoms with Crippen molar-refractivity contribution < 1.29 is 14.4 Å². The summed E-state index contributed by atoms with van der Waals surface area (Å²) in [5, 5.41) is 14.6. The third-order valence-electron chi connectivity index (χ3n) is 7.76. The van der Waals surface area contributed by atoms with Crippen molar-refractivity contribution in [2.45, 2.75) is 44.6 Å². The van der Waals surface area contributed by atoms with E-state index in [1.807, 2.05) is 0 Å². The van der Waals surface area contributed by atoms with Gasteiger partial charge in [-0.15, -0.1) is 0 Å². The van der Waals surface area contributed by atoms with Crippen LogP contribution in [0.15, 0.2) is 61.0 Å². The normalized spacial score (nSPS) is 19.8. The van der Waals surface area contributed by atoms with Crippen molar-refractivity contribution in [1.82, 2.24) is 4.98 Å². The fraction of sp³-hybridized carbons (Fsp3) is 0.310. The first-order valence-corrected chi connectivity index (χ1v) is 11.6. The molecule has 2 aromatic heterocycles. The first kappa shape index (κ1) is 20.4. The molecule has 0 fully saturated rings. The van der Waals surface area contributed by atoms with Crippen molar-refractivity contribution >= 4 is 21.7 Å². The minimum absolute atomic E-state index is 0.0491. The number of pyridine rings is 2. The highest BCUT2D eigenvalue weighted by molar-refractivity contribution is 6.04. The highest BCUT2D eigenvalue weighted by atomic mass is 16.5. The van der Waals surface area contributed by atoms with Gasteiger partial charge in [0, 0.05) is 30.9 Å². The van der Waals surface area contributed by atoms with Crippen LogP contribution in [0.1, 0.15) is 54.6 Å². The first-order chi connectivity index (χ1) is 15.8. The van der Waals surface area contributed by atoms with Crippen LogP contribution in [-0.4, -0.2) is 23.8 Å². The standard InChI is InChI=1S/C29H28N2O2/c1-16-14-21-25-23(30-16)10-12-31-27(17(2)32)20(11-13-33-5)24-19-9-7-6-8-18(19)15-22(29(21,3)4)26(24)28(25)31/h6-10,12,14-15,20,27H,2,11,13H2,1,3-5H3/p+1. The molecule has 0 saturated heterocycles. The number of aliphatic hydroxyl groups is 1. The van der Waals surface area contributed by atoms with Gasteiger partial charge < -0.3 is 9.84 Å². The van der Waals surface area contributed by atoms with Gasteiger partial charge in [0.25, 0.3) is 0 Å². The first-order valence-electron chi connectivity index (χ1n) is 11.6. The largest absolute Gasteiger partial charge is 0.506 e. The number of allylic oxidation sites excluding steroid dienone is 1. The van der Waals surface area contributed by atoms with Crippen LogP contribution in [0.4, 0.5) is 0 Å². The summed E-state index contributed by atoms with van der Waals surface area (Å²) in [6.07, 6.45) is 2.88. The summed E-state index contributed by atoms with van der Waals surface area (Å²) in [6, 6.07) is 15.1. The van der Waals surface area contributed by atoms with Crippen LogP contribution in [0.2, 0.25) is 0 Å². The van der Waals surface area contributed by atoms with Crippen molar-refractivity contribution in [2.24, 2.45) is 0 Å². The summed E-state index contributed by atoms with van der Waals surface area (Å²) in [6.45, 7) is 11.4. The number of aliphatic hydroxyl groups excluding tert-OH is 1. The van der Waals surface area contributed by atoms with Gasteiger partial charge in [-0.25, -0.2) is 0 Å². The van der Waals surface area contributed by atoms with Gasteiger partial charge in [0.05, 0.1) is 22.4 Å². The highest BCUT2D eigenvalue weighted by Gasteiger charge is 2.49. The zero-order chi connectivity index (χ0) is 23.1. The molecular weight excluding hydrogens is 408 g/mol. The maximum Gasteiger partial charge on any atom is 0.223 e. The van der Waals surface area contributed by atoms with Crippen LogP contribution < -0.4 is 4.57 Å². The van der Waals surface area contributed by atoms with Crippen LogP contribution in [0, 0.1) is 6.92 Å². The molecule has 0 saturated carbocycles. The molecule has 1 N–H and O–H groups in total. The summed E-state index contributed by atoms with van der Waals surface area (Å²) >= 11 is 0. The summed E-state index contributed by atoms with van der Waals surface area (Å²) in [5.41, 5.74) is 8.22. The Hall–Kier alpha value is -3.24. The van der Waals surface area contributed by atoms with Crippen molar-refractivity contribution in [1.29, 1.82) is 0 Å². The molecule has 0 radical (unpaired) electrons. The van der Waals surface area contributed by atoms with E-state index in [9.17, 15) is 5.11 Å². The van der Waals surface area contributed by atoms with Crippen LogP contribution in [0.5, 0.6) is 0 Å². The van der Waals surface area contributed by atoms with Crippen LogP contribution in [0.3, 0.4) is 0 Å². The molecule has 1 aliphatic carbocycles. The van der Waals surface area contributed by atoms with Gasteiger partial charge >= 0.3 is 0 Å². The van der Waals surface area contributed by atoms with Crippen LogP contribution in [0.25, 0.3) is 32.9 Å². The number of aryl methyl sites for hydroxylation is 1. The molecule has 1 aliphatic heterocycles. The van der Waals surface area contributed by atoms with Gasteiger partial charge in [-0.3, -0.25) is 4.98 Å². The maximum absolute atomic E-state index is 10.9. The van der Waals surface area contributed by atoms with E-state index < -0.39 is 0 Å². The monoisotopic (exact) mass is 437 g/mol. The number of nitrogens with zero attached hydrogens (tertiary/aromatic N) is 2. The zero-order valence-electron chi connectivity index (χ0n) is 19.6. The number of rotatable bonds is 4. The molecule has 4 aromatic rings. The van der Waals surface area contributed by atoms with E-state index in [4.69, 9.17) is 9.72 Å². The highest BCUT2D eigenvalue weighted by Crippen LogP contribution is 2.55. The number of methoxy groups -OCH3 is 1. The Kier molecular flexibility index (Phi) is 4.25. The van der Waals surface area contributed by atoms with Gasteiger partial charge in [-0.2, -0.15) is 4.57 Å². The third kappa shape index (κ3) is 2.61. The van der Waals surface area contributed by atoms with E-state index in [0.29, 0.717) is 6.61 Å². The summed E-state index contributed by atoms with van der Waals surface area (Å²) in [5.74, 6) is 0.233. The molecule has 4 heteroatoms. The van der Waals surface area contributed by atoms with Gasteiger partial charge in [0.1, 0.15) is 0 Å². The molecule has 2 unspecified atom stereocenters. The minimum Gasteiger partial charge on any atom is -0.506 e.